The van der Waals surface area contributed by atoms with Crippen molar-refractivity contribution in [2.24, 2.45) is 0 Å². The molecule has 2 aromatic heterocycles. The molecule has 2 N–H and O–H groups in total. The molecular weight excluding hydrogens is 242 g/mol. The van der Waals surface area contributed by atoms with Crippen molar-refractivity contribution in [2.75, 3.05) is 0 Å². The molecule has 6 nitrogen and oxygen atoms in total. The van der Waals surface area contributed by atoms with Gasteiger partial charge in [-0.25, -0.2) is 9.78 Å². The zero-order valence-corrected chi connectivity index (χ0v) is 11.2. The summed E-state index contributed by atoms with van der Waals surface area (Å²) in [5.74, 6) is 2.43. The van der Waals surface area contributed by atoms with E-state index in [0.29, 0.717) is 5.92 Å². The molecule has 3 rings (SSSR count). The predicted octanol–water partition coefficient (Wildman–Crippen LogP) is 1.17. The highest BCUT2D eigenvalue weighted by Crippen LogP contribution is 2.37. The van der Waals surface area contributed by atoms with Crippen LogP contribution in [0.25, 0.3) is 0 Å². The summed E-state index contributed by atoms with van der Waals surface area (Å²) in [4.78, 5) is 22.4. The smallest absolute Gasteiger partial charge is 0.310 e. The maximum absolute atomic E-state index is 11.2. The average Bonchev–Trinajstić information content (AvgIpc) is 3.08. The van der Waals surface area contributed by atoms with E-state index in [-0.39, 0.29) is 5.69 Å². The van der Waals surface area contributed by atoms with Crippen LogP contribution >= 0.6 is 0 Å². The van der Waals surface area contributed by atoms with Crippen LogP contribution in [0.2, 0.25) is 0 Å². The largest absolute Gasteiger partial charge is 0.345 e. The molecule has 0 spiro atoms. The van der Waals surface area contributed by atoms with Crippen molar-refractivity contribution in [3.8, 4) is 0 Å². The van der Waals surface area contributed by atoms with E-state index in [1.54, 1.807) is 0 Å². The molecule has 0 radical (unpaired) electrons. The Morgan fingerprint density at radius 3 is 2.68 bits per heavy atom. The van der Waals surface area contributed by atoms with Gasteiger partial charge in [0.15, 0.2) is 5.82 Å². The first-order chi connectivity index (χ1) is 9.13. The number of hydrogen-bond donors (Lipinski definition) is 2. The van der Waals surface area contributed by atoms with Crippen molar-refractivity contribution in [3.05, 3.63) is 39.1 Å². The summed E-state index contributed by atoms with van der Waals surface area (Å²) in [5.41, 5.74) is 2.49. The van der Waals surface area contributed by atoms with Gasteiger partial charge < -0.3 is 4.98 Å². The number of rotatable bonds is 4. The Morgan fingerprint density at radius 1 is 1.21 bits per heavy atom. The van der Waals surface area contributed by atoms with E-state index < -0.39 is 0 Å². The quantitative estimate of drug-likeness (QED) is 0.862. The maximum Gasteiger partial charge on any atom is 0.345 e. The molecule has 1 saturated carbocycles. The second-order valence-corrected chi connectivity index (χ2v) is 5.15. The molecule has 2 heterocycles. The van der Waals surface area contributed by atoms with Crippen molar-refractivity contribution in [1.82, 2.24) is 25.1 Å². The number of aryl methyl sites for hydroxylation is 3. The minimum atomic E-state index is -0.283. The Hall–Kier alpha value is -1.98. The fraction of sp³-hybridized carbons (Fsp3) is 0.538. The van der Waals surface area contributed by atoms with Crippen molar-refractivity contribution < 1.29 is 0 Å². The third-order valence-electron chi connectivity index (χ3n) is 3.56. The Labute approximate surface area is 110 Å². The van der Waals surface area contributed by atoms with Crippen molar-refractivity contribution >= 4 is 0 Å². The van der Waals surface area contributed by atoms with E-state index in [2.05, 4.69) is 25.1 Å². The summed E-state index contributed by atoms with van der Waals surface area (Å²) in [6.45, 7) is 3.77. The number of nitrogens with zero attached hydrogens (tertiary/aromatic N) is 3. The Bertz CT molecular complexity index is 627. The molecule has 0 unspecified atom stereocenters. The van der Waals surface area contributed by atoms with Gasteiger partial charge >= 0.3 is 5.69 Å². The van der Waals surface area contributed by atoms with E-state index in [9.17, 15) is 4.79 Å². The van der Waals surface area contributed by atoms with Gasteiger partial charge in [-0.3, -0.25) is 5.10 Å². The van der Waals surface area contributed by atoms with Crippen LogP contribution < -0.4 is 5.69 Å². The molecule has 1 aliphatic carbocycles. The topological polar surface area (TPSA) is 87.3 Å². The summed E-state index contributed by atoms with van der Waals surface area (Å²) in [7, 11) is 0. The highest BCUT2D eigenvalue weighted by atomic mass is 16.1. The first-order valence-corrected chi connectivity index (χ1v) is 6.61. The Morgan fingerprint density at radius 2 is 2.00 bits per heavy atom. The van der Waals surface area contributed by atoms with E-state index in [1.807, 2.05) is 13.8 Å². The minimum Gasteiger partial charge on any atom is -0.310 e. The molecule has 1 aliphatic rings. The second-order valence-electron chi connectivity index (χ2n) is 5.15. The normalized spacial score (nSPS) is 14.8. The van der Waals surface area contributed by atoms with Gasteiger partial charge in [0.25, 0.3) is 0 Å². The van der Waals surface area contributed by atoms with Crippen LogP contribution in [0.15, 0.2) is 4.79 Å². The Balaban J connectivity index is 1.72. The fourth-order valence-corrected chi connectivity index (χ4v) is 2.31. The first-order valence-electron chi connectivity index (χ1n) is 6.61. The van der Waals surface area contributed by atoms with Gasteiger partial charge in [-0.2, -0.15) is 10.1 Å². The van der Waals surface area contributed by atoms with Gasteiger partial charge in [0.1, 0.15) is 5.82 Å². The lowest BCUT2D eigenvalue weighted by Gasteiger charge is -2.06. The van der Waals surface area contributed by atoms with Crippen LogP contribution in [-0.2, 0) is 12.8 Å². The molecule has 0 bridgehead atoms. The lowest BCUT2D eigenvalue weighted by molar-refractivity contribution is 0.824. The number of nitrogens with one attached hydrogen (secondary N) is 2. The lowest BCUT2D eigenvalue weighted by Crippen LogP contribution is -2.16. The zero-order chi connectivity index (χ0) is 13.4. The van der Waals surface area contributed by atoms with Gasteiger partial charge in [-0.1, -0.05) is 0 Å². The summed E-state index contributed by atoms with van der Waals surface area (Å²) in [5, 5.41) is 7.23. The summed E-state index contributed by atoms with van der Waals surface area (Å²) in [6.07, 6.45) is 4.01. The SMILES string of the molecule is Cc1nc(=O)[nH]c(C)c1CCc1nc(C2CC2)n[nH]1. The highest BCUT2D eigenvalue weighted by Gasteiger charge is 2.27. The third kappa shape index (κ3) is 2.57. The number of H-pyrrole nitrogens is 2. The van der Waals surface area contributed by atoms with Crippen LogP contribution in [0.5, 0.6) is 0 Å². The number of hydrogen-bond acceptors (Lipinski definition) is 4. The molecule has 0 aliphatic heterocycles. The van der Waals surface area contributed by atoms with Crippen LogP contribution in [0.3, 0.4) is 0 Å². The average molecular weight is 259 g/mol. The molecule has 19 heavy (non-hydrogen) atoms. The number of aromatic amines is 2. The van der Waals surface area contributed by atoms with Crippen molar-refractivity contribution in [2.45, 2.75) is 45.4 Å². The second kappa shape index (κ2) is 4.60. The third-order valence-corrected chi connectivity index (χ3v) is 3.56. The monoisotopic (exact) mass is 259 g/mol. The van der Waals surface area contributed by atoms with Crippen molar-refractivity contribution in [1.29, 1.82) is 0 Å². The first kappa shape index (κ1) is 12.1. The molecular formula is C13H17N5O. The lowest BCUT2D eigenvalue weighted by atomic mass is 10.1. The van der Waals surface area contributed by atoms with E-state index in [0.717, 1.165) is 41.4 Å². The number of aromatic nitrogens is 5. The fourth-order valence-electron chi connectivity index (χ4n) is 2.31. The predicted molar refractivity (Wildman–Crippen MR) is 70.1 cm³/mol. The van der Waals surface area contributed by atoms with E-state index in [1.165, 1.54) is 12.8 Å². The minimum absolute atomic E-state index is 0.283. The summed E-state index contributed by atoms with van der Waals surface area (Å²) in [6, 6.07) is 0. The molecule has 6 heteroatoms. The molecule has 0 atom stereocenters. The highest BCUT2D eigenvalue weighted by molar-refractivity contribution is 5.23. The van der Waals surface area contributed by atoms with Gasteiger partial charge in [0.05, 0.1) is 0 Å². The molecule has 100 valence electrons. The summed E-state index contributed by atoms with van der Waals surface area (Å²) < 4.78 is 0. The van der Waals surface area contributed by atoms with Crippen molar-refractivity contribution in [3.63, 3.8) is 0 Å². The standard InChI is InChI=1S/C13H17N5O/c1-7-10(8(2)15-13(19)14-7)5-6-11-16-12(18-17-11)9-3-4-9/h9H,3-6H2,1-2H3,(H,14,15,19)(H,16,17,18). The molecule has 0 aromatic carbocycles. The van der Waals surface area contributed by atoms with Gasteiger partial charge in [-0.05, 0) is 38.7 Å². The molecule has 2 aromatic rings. The van der Waals surface area contributed by atoms with E-state index in [4.69, 9.17) is 0 Å². The van der Waals surface area contributed by atoms with Crippen LogP contribution in [0, 0.1) is 13.8 Å². The zero-order valence-electron chi connectivity index (χ0n) is 11.2. The molecule has 0 saturated heterocycles. The Kier molecular flexibility index (Phi) is 2.93. The van der Waals surface area contributed by atoms with Crippen LogP contribution in [-0.4, -0.2) is 25.1 Å². The molecule has 0 amide bonds. The summed E-state index contributed by atoms with van der Waals surface area (Å²) >= 11 is 0. The van der Waals surface area contributed by atoms with Crippen LogP contribution in [0.4, 0.5) is 0 Å². The maximum atomic E-state index is 11.2. The van der Waals surface area contributed by atoms with Gasteiger partial charge in [0, 0.05) is 23.7 Å². The van der Waals surface area contributed by atoms with E-state index >= 15 is 0 Å². The molecule has 1 fully saturated rings. The van der Waals surface area contributed by atoms with Gasteiger partial charge in [-0.15, -0.1) is 0 Å². The van der Waals surface area contributed by atoms with Gasteiger partial charge in [0.2, 0.25) is 0 Å². The van der Waals surface area contributed by atoms with Crippen LogP contribution in [0.1, 0.15) is 47.4 Å².